The third-order valence-corrected chi connectivity index (χ3v) is 2.92. The topological polar surface area (TPSA) is 24.5 Å². The molecule has 0 radical (unpaired) electrons. The van der Waals surface area contributed by atoms with Crippen molar-refractivity contribution in [3.8, 4) is 0 Å². The number of nitrogens with one attached hydrogen (secondary N) is 1. The van der Waals surface area contributed by atoms with Crippen LogP contribution in [-0.2, 0) is 4.74 Å². The summed E-state index contributed by atoms with van der Waals surface area (Å²) < 4.78 is 5.61. The minimum absolute atomic E-state index is 0. The quantitative estimate of drug-likeness (QED) is 0.688. The second kappa shape index (κ2) is 5.15. The second-order valence-corrected chi connectivity index (χ2v) is 3.79. The van der Waals surface area contributed by atoms with E-state index >= 15 is 0 Å². The highest BCUT2D eigenvalue weighted by atomic mass is 35.5. The summed E-state index contributed by atoms with van der Waals surface area (Å²) in [5, 5.41) is 3.39. The smallest absolute Gasteiger partial charge is 0.123 e. The highest BCUT2D eigenvalue weighted by Crippen LogP contribution is 2.19. The average Bonchev–Trinajstić information content (AvgIpc) is 2.57. The molecule has 0 bridgehead atoms. The predicted octanol–water partition coefficient (Wildman–Crippen LogP) is 0.838. The molecule has 4 heteroatoms. The van der Waals surface area contributed by atoms with Gasteiger partial charge in [0.05, 0.1) is 6.61 Å². The van der Waals surface area contributed by atoms with E-state index in [0.29, 0.717) is 12.3 Å². The zero-order valence-corrected chi connectivity index (χ0v) is 8.98. The molecule has 2 heterocycles. The minimum atomic E-state index is 0. The molecule has 2 rings (SSSR count). The molecule has 2 unspecified atom stereocenters. The Kier molecular flexibility index (Phi) is 4.46. The van der Waals surface area contributed by atoms with Crippen LogP contribution in [0.1, 0.15) is 19.3 Å². The number of likely N-dealkylation sites (N-methyl/N-ethyl adjacent to an activating group) is 1. The molecule has 0 aromatic carbocycles. The van der Waals surface area contributed by atoms with Gasteiger partial charge in [0, 0.05) is 12.6 Å². The first kappa shape index (κ1) is 11.2. The number of halogens is 1. The van der Waals surface area contributed by atoms with E-state index in [0.717, 1.165) is 13.2 Å². The standard InChI is InChI=1S/C9H18N2O.ClH/c1-11-6-3-2-4-8(11)9-10-5-7-12-9;/h8-10H,2-7H2,1H3;1H. The Morgan fingerprint density at radius 3 is 2.85 bits per heavy atom. The van der Waals surface area contributed by atoms with Gasteiger partial charge in [0.25, 0.3) is 0 Å². The highest BCUT2D eigenvalue weighted by molar-refractivity contribution is 5.85. The molecule has 3 nitrogen and oxygen atoms in total. The Bertz CT molecular complexity index is 151. The monoisotopic (exact) mass is 206 g/mol. The molecule has 2 aliphatic rings. The molecular formula is C9H19ClN2O. The van der Waals surface area contributed by atoms with Crippen LogP contribution in [0.5, 0.6) is 0 Å². The number of likely N-dealkylation sites (tertiary alicyclic amines) is 1. The van der Waals surface area contributed by atoms with Crippen molar-refractivity contribution in [3.05, 3.63) is 0 Å². The molecule has 2 atom stereocenters. The van der Waals surface area contributed by atoms with Gasteiger partial charge in [-0.05, 0) is 26.4 Å². The maximum absolute atomic E-state index is 5.61. The number of piperidine rings is 1. The molecule has 0 aromatic rings. The van der Waals surface area contributed by atoms with Crippen LogP contribution in [0.15, 0.2) is 0 Å². The van der Waals surface area contributed by atoms with Crippen LogP contribution >= 0.6 is 12.4 Å². The van der Waals surface area contributed by atoms with Crippen molar-refractivity contribution in [3.63, 3.8) is 0 Å². The molecule has 0 amide bonds. The zero-order valence-electron chi connectivity index (χ0n) is 8.16. The summed E-state index contributed by atoms with van der Waals surface area (Å²) in [7, 11) is 2.20. The zero-order chi connectivity index (χ0) is 8.39. The highest BCUT2D eigenvalue weighted by Gasteiger charge is 2.29. The molecule has 1 N–H and O–H groups in total. The lowest BCUT2D eigenvalue weighted by Gasteiger charge is -2.35. The van der Waals surface area contributed by atoms with Crippen molar-refractivity contribution in [1.29, 1.82) is 0 Å². The van der Waals surface area contributed by atoms with Gasteiger partial charge in [-0.15, -0.1) is 12.4 Å². The molecule has 2 fully saturated rings. The Morgan fingerprint density at radius 1 is 1.38 bits per heavy atom. The van der Waals surface area contributed by atoms with Crippen LogP contribution in [0, 0.1) is 0 Å². The molecule has 13 heavy (non-hydrogen) atoms. The SMILES string of the molecule is CN1CCCCC1C1NCCO1.Cl. The molecule has 0 aromatic heterocycles. The van der Waals surface area contributed by atoms with Gasteiger partial charge in [-0.1, -0.05) is 6.42 Å². The van der Waals surface area contributed by atoms with E-state index < -0.39 is 0 Å². The Hall–Kier alpha value is 0.170. The second-order valence-electron chi connectivity index (χ2n) is 3.79. The first-order valence-corrected chi connectivity index (χ1v) is 4.93. The summed E-state index contributed by atoms with van der Waals surface area (Å²) in [6.07, 6.45) is 4.29. The van der Waals surface area contributed by atoms with Gasteiger partial charge in [-0.2, -0.15) is 0 Å². The first-order chi connectivity index (χ1) is 5.88. The van der Waals surface area contributed by atoms with Gasteiger partial charge < -0.3 is 4.74 Å². The van der Waals surface area contributed by atoms with Crippen molar-refractivity contribution in [1.82, 2.24) is 10.2 Å². The van der Waals surface area contributed by atoms with Crippen LogP contribution in [0.3, 0.4) is 0 Å². The van der Waals surface area contributed by atoms with Crippen molar-refractivity contribution in [2.24, 2.45) is 0 Å². The maximum atomic E-state index is 5.61. The molecule has 78 valence electrons. The summed E-state index contributed by atoms with van der Waals surface area (Å²) in [5.74, 6) is 0. The van der Waals surface area contributed by atoms with E-state index in [2.05, 4.69) is 17.3 Å². The molecule has 0 saturated carbocycles. The normalized spacial score (nSPS) is 35.8. The van der Waals surface area contributed by atoms with Crippen molar-refractivity contribution in [2.45, 2.75) is 31.5 Å². The van der Waals surface area contributed by atoms with Crippen LogP contribution in [0.2, 0.25) is 0 Å². The lowest BCUT2D eigenvalue weighted by atomic mass is 10.0. The van der Waals surface area contributed by atoms with Gasteiger partial charge in [0.1, 0.15) is 6.23 Å². The van der Waals surface area contributed by atoms with Crippen LogP contribution < -0.4 is 5.32 Å². The van der Waals surface area contributed by atoms with Crippen LogP contribution in [-0.4, -0.2) is 43.9 Å². The molecule has 0 spiro atoms. The fourth-order valence-corrected chi connectivity index (χ4v) is 2.18. The van der Waals surface area contributed by atoms with Gasteiger partial charge in [0.15, 0.2) is 0 Å². The van der Waals surface area contributed by atoms with Crippen molar-refractivity contribution < 1.29 is 4.74 Å². The predicted molar refractivity (Wildman–Crippen MR) is 55.3 cm³/mol. The van der Waals surface area contributed by atoms with E-state index in [1.165, 1.54) is 25.8 Å². The molecular weight excluding hydrogens is 188 g/mol. The molecule has 2 saturated heterocycles. The number of hydrogen-bond acceptors (Lipinski definition) is 3. The Labute approximate surface area is 86.2 Å². The average molecular weight is 207 g/mol. The minimum Gasteiger partial charge on any atom is -0.360 e. The summed E-state index contributed by atoms with van der Waals surface area (Å²) in [6.45, 7) is 3.14. The number of rotatable bonds is 1. The van der Waals surface area contributed by atoms with Gasteiger partial charge in [0.2, 0.25) is 0 Å². The maximum Gasteiger partial charge on any atom is 0.123 e. The molecule has 0 aliphatic carbocycles. The van der Waals surface area contributed by atoms with E-state index in [1.54, 1.807) is 0 Å². The molecule has 2 aliphatic heterocycles. The Balaban J connectivity index is 0.000000845. The number of nitrogens with zero attached hydrogens (tertiary/aromatic N) is 1. The van der Waals surface area contributed by atoms with Crippen molar-refractivity contribution >= 4 is 12.4 Å². The van der Waals surface area contributed by atoms with Crippen LogP contribution in [0.25, 0.3) is 0 Å². The first-order valence-electron chi connectivity index (χ1n) is 4.93. The van der Waals surface area contributed by atoms with E-state index in [1.807, 2.05) is 0 Å². The van der Waals surface area contributed by atoms with Crippen LogP contribution in [0.4, 0.5) is 0 Å². The summed E-state index contributed by atoms with van der Waals surface area (Å²) >= 11 is 0. The van der Waals surface area contributed by atoms with Gasteiger partial charge in [-0.3, -0.25) is 10.2 Å². The fourth-order valence-electron chi connectivity index (χ4n) is 2.18. The fraction of sp³-hybridized carbons (Fsp3) is 1.00. The third kappa shape index (κ3) is 2.56. The number of hydrogen-bond donors (Lipinski definition) is 1. The summed E-state index contributed by atoms with van der Waals surface area (Å²) in [6, 6.07) is 0.612. The van der Waals surface area contributed by atoms with E-state index in [-0.39, 0.29) is 12.4 Å². The van der Waals surface area contributed by atoms with E-state index in [4.69, 9.17) is 4.74 Å². The lowest BCUT2D eigenvalue weighted by molar-refractivity contribution is 0.00819. The van der Waals surface area contributed by atoms with E-state index in [9.17, 15) is 0 Å². The summed E-state index contributed by atoms with van der Waals surface area (Å²) in [4.78, 5) is 2.42. The summed E-state index contributed by atoms with van der Waals surface area (Å²) in [5.41, 5.74) is 0. The van der Waals surface area contributed by atoms with Gasteiger partial charge >= 0.3 is 0 Å². The largest absolute Gasteiger partial charge is 0.360 e. The van der Waals surface area contributed by atoms with Gasteiger partial charge in [-0.25, -0.2) is 0 Å². The van der Waals surface area contributed by atoms with Crippen molar-refractivity contribution in [2.75, 3.05) is 26.7 Å². The Morgan fingerprint density at radius 2 is 2.23 bits per heavy atom. The lowest BCUT2D eigenvalue weighted by Crippen LogP contribution is -2.48. The third-order valence-electron chi connectivity index (χ3n) is 2.92. The number of ether oxygens (including phenoxy) is 1.